The van der Waals surface area contributed by atoms with Crippen LogP contribution in [0.1, 0.15) is 87.9 Å². The molecule has 3 aromatic rings. The highest BCUT2D eigenvalue weighted by molar-refractivity contribution is 6.37. The number of halogens is 3. The number of rotatable bonds is 11. The molecule has 0 spiro atoms. The van der Waals surface area contributed by atoms with Crippen LogP contribution in [-0.4, -0.2) is 30.9 Å². The number of carbonyl (C=O) groups is 2. The van der Waals surface area contributed by atoms with E-state index in [9.17, 15) is 9.59 Å². The van der Waals surface area contributed by atoms with E-state index < -0.39 is 5.97 Å². The summed E-state index contributed by atoms with van der Waals surface area (Å²) < 4.78 is 11.7. The minimum absolute atomic E-state index is 0.0155. The van der Waals surface area contributed by atoms with Crippen molar-refractivity contribution in [2.24, 2.45) is 4.99 Å². The molecule has 1 aliphatic heterocycles. The van der Waals surface area contributed by atoms with E-state index in [4.69, 9.17) is 44.3 Å². The van der Waals surface area contributed by atoms with E-state index >= 15 is 0 Å². The van der Waals surface area contributed by atoms with Crippen LogP contribution in [0.5, 0.6) is 5.75 Å². The summed E-state index contributed by atoms with van der Waals surface area (Å²) >= 11 is 19.1. The SMILES string of the molecule is CCC(C)(C)c1ccc(OCCOC(=O)c2ccc(C)c(N3NC(=Nc4cc(Cl)ccc4Cl)CC3=O)c2Cl)c(C(C)(C)CC)c1. The maximum absolute atomic E-state index is 13.1. The Kier molecular flexibility index (Phi) is 10.8. The molecule has 1 amide bonds. The number of nitrogens with one attached hydrogen (secondary N) is 1. The zero-order valence-electron chi connectivity index (χ0n) is 26.8. The molecule has 0 atom stereocenters. The van der Waals surface area contributed by atoms with Gasteiger partial charge in [0, 0.05) is 10.6 Å². The average molecular weight is 673 g/mol. The van der Waals surface area contributed by atoms with Gasteiger partial charge in [0.1, 0.15) is 24.8 Å². The number of ether oxygens (including phenoxy) is 2. The maximum atomic E-state index is 13.1. The number of hydrogen-bond donors (Lipinski definition) is 1. The molecule has 1 fully saturated rings. The van der Waals surface area contributed by atoms with Crippen molar-refractivity contribution in [3.63, 3.8) is 0 Å². The van der Waals surface area contributed by atoms with Crippen LogP contribution in [0, 0.1) is 6.92 Å². The van der Waals surface area contributed by atoms with Gasteiger partial charge in [0.25, 0.3) is 5.91 Å². The molecule has 0 unspecified atom stereocenters. The molecule has 1 aliphatic rings. The molecule has 1 N–H and O–H groups in total. The number of carbonyl (C=O) groups excluding carboxylic acids is 2. The van der Waals surface area contributed by atoms with E-state index in [1.165, 1.54) is 10.6 Å². The smallest absolute Gasteiger partial charge is 0.339 e. The molecule has 240 valence electrons. The predicted octanol–water partition coefficient (Wildman–Crippen LogP) is 9.54. The molecule has 0 aliphatic carbocycles. The van der Waals surface area contributed by atoms with E-state index in [-0.39, 0.29) is 47.0 Å². The van der Waals surface area contributed by atoms with Crippen molar-refractivity contribution in [3.8, 4) is 5.75 Å². The van der Waals surface area contributed by atoms with Crippen LogP contribution >= 0.6 is 34.8 Å². The number of amides is 1. The van der Waals surface area contributed by atoms with Gasteiger partial charge in [0.15, 0.2) is 0 Å². The monoisotopic (exact) mass is 671 g/mol. The second kappa shape index (κ2) is 14.0. The molecule has 3 aromatic carbocycles. The van der Waals surface area contributed by atoms with Crippen molar-refractivity contribution in [2.75, 3.05) is 18.2 Å². The zero-order chi connectivity index (χ0) is 33.1. The second-order valence-electron chi connectivity index (χ2n) is 12.4. The van der Waals surface area contributed by atoms with E-state index in [1.807, 2.05) is 6.07 Å². The second-order valence-corrected chi connectivity index (χ2v) is 13.7. The normalized spacial score (nSPS) is 14.6. The first-order chi connectivity index (χ1) is 21.2. The zero-order valence-corrected chi connectivity index (χ0v) is 29.1. The molecule has 45 heavy (non-hydrogen) atoms. The molecule has 7 nitrogen and oxygen atoms in total. The lowest BCUT2D eigenvalue weighted by Crippen LogP contribution is -2.36. The highest BCUT2D eigenvalue weighted by Gasteiger charge is 2.32. The van der Waals surface area contributed by atoms with Crippen LogP contribution in [0.25, 0.3) is 0 Å². The van der Waals surface area contributed by atoms with Gasteiger partial charge in [0.2, 0.25) is 0 Å². The quantitative estimate of drug-likeness (QED) is 0.162. The lowest BCUT2D eigenvalue weighted by atomic mass is 9.76. The summed E-state index contributed by atoms with van der Waals surface area (Å²) in [6.45, 7) is 15.2. The molecule has 4 rings (SSSR count). The number of nitrogens with zero attached hydrogens (tertiary/aromatic N) is 2. The molecule has 1 heterocycles. The van der Waals surface area contributed by atoms with Crippen LogP contribution in [0.15, 0.2) is 53.5 Å². The average Bonchev–Trinajstić information content (AvgIpc) is 3.36. The molecule has 0 bridgehead atoms. The Balaban J connectivity index is 1.47. The molecule has 0 saturated carbocycles. The fraction of sp³-hybridized carbons (Fsp3) is 0.400. The Morgan fingerprint density at radius 2 is 1.67 bits per heavy atom. The summed E-state index contributed by atoms with van der Waals surface area (Å²) in [4.78, 5) is 30.6. The fourth-order valence-electron chi connectivity index (χ4n) is 4.87. The van der Waals surface area contributed by atoms with E-state index in [1.54, 1.807) is 37.3 Å². The van der Waals surface area contributed by atoms with Crippen molar-refractivity contribution < 1.29 is 19.1 Å². The summed E-state index contributed by atoms with van der Waals surface area (Å²) in [6, 6.07) is 14.6. The minimum Gasteiger partial charge on any atom is -0.490 e. The van der Waals surface area contributed by atoms with Gasteiger partial charge >= 0.3 is 5.97 Å². The van der Waals surface area contributed by atoms with Crippen LogP contribution in [0.2, 0.25) is 15.1 Å². The predicted molar refractivity (Wildman–Crippen MR) is 184 cm³/mol. The summed E-state index contributed by atoms with van der Waals surface area (Å²) in [5.74, 6) is 0.223. The first kappa shape index (κ1) is 34.6. The van der Waals surface area contributed by atoms with Crippen LogP contribution in [0.4, 0.5) is 11.4 Å². The van der Waals surface area contributed by atoms with E-state index in [2.05, 4.69) is 64.1 Å². The van der Waals surface area contributed by atoms with Gasteiger partial charge in [-0.25, -0.2) is 14.8 Å². The standard InChI is InChI=1S/C35H40Cl3N3O4/c1-8-34(4,5)22-11-15-28(25(18-22)35(6,7)9-2)44-16-17-45-33(43)24-13-10-21(3)32(31(24)38)41-30(42)20-29(40-41)39-27-19-23(36)12-14-26(27)37/h10-15,18-19H,8-9,16-17,20H2,1-7H3,(H,39,40). The summed E-state index contributed by atoms with van der Waals surface area (Å²) in [5.41, 5.74) is 6.92. The third-order valence-corrected chi connectivity index (χ3v) is 9.50. The van der Waals surface area contributed by atoms with Crippen molar-refractivity contribution in [1.29, 1.82) is 0 Å². The number of hydrogen-bond acceptors (Lipinski definition) is 5. The maximum Gasteiger partial charge on any atom is 0.339 e. The van der Waals surface area contributed by atoms with Crippen molar-refractivity contribution in [1.82, 2.24) is 5.43 Å². The topological polar surface area (TPSA) is 80.2 Å². The van der Waals surface area contributed by atoms with Gasteiger partial charge < -0.3 is 9.47 Å². The van der Waals surface area contributed by atoms with Gasteiger partial charge in [-0.05, 0) is 72.1 Å². The Morgan fingerprint density at radius 1 is 0.956 bits per heavy atom. The van der Waals surface area contributed by atoms with E-state index in [0.717, 1.165) is 24.2 Å². The molecule has 1 saturated heterocycles. The number of aryl methyl sites for hydroxylation is 1. The molecular formula is C35H40Cl3N3O4. The third kappa shape index (κ3) is 7.76. The highest BCUT2D eigenvalue weighted by Crippen LogP contribution is 2.39. The van der Waals surface area contributed by atoms with Crippen molar-refractivity contribution in [3.05, 3.63) is 85.9 Å². The Labute approximate surface area is 280 Å². The summed E-state index contributed by atoms with van der Waals surface area (Å²) in [5, 5.41) is 2.24. The first-order valence-corrected chi connectivity index (χ1v) is 16.2. The number of anilines is 1. The van der Waals surface area contributed by atoms with Gasteiger partial charge in [-0.2, -0.15) is 0 Å². The number of hydrazine groups is 1. The number of esters is 1. The number of amidine groups is 1. The molecule has 10 heteroatoms. The Bertz CT molecular complexity index is 1630. The van der Waals surface area contributed by atoms with Gasteiger partial charge in [-0.3, -0.25) is 10.2 Å². The van der Waals surface area contributed by atoms with Crippen molar-refractivity contribution >= 4 is 63.9 Å². The Hall–Kier alpha value is -3.26. The van der Waals surface area contributed by atoms with Crippen LogP contribution < -0.4 is 15.2 Å². The van der Waals surface area contributed by atoms with Gasteiger partial charge in [-0.15, -0.1) is 0 Å². The van der Waals surface area contributed by atoms with Crippen LogP contribution in [0.3, 0.4) is 0 Å². The molecular weight excluding hydrogens is 633 g/mol. The van der Waals surface area contributed by atoms with E-state index in [0.29, 0.717) is 32.8 Å². The lowest BCUT2D eigenvalue weighted by Gasteiger charge is -2.30. The van der Waals surface area contributed by atoms with Crippen LogP contribution in [-0.2, 0) is 20.4 Å². The Morgan fingerprint density at radius 3 is 2.36 bits per heavy atom. The summed E-state index contributed by atoms with van der Waals surface area (Å²) in [7, 11) is 0. The molecule has 0 radical (unpaired) electrons. The summed E-state index contributed by atoms with van der Waals surface area (Å²) in [6.07, 6.45) is 1.95. The van der Waals surface area contributed by atoms with Crippen molar-refractivity contribution in [2.45, 2.75) is 78.6 Å². The van der Waals surface area contributed by atoms with Gasteiger partial charge in [-0.1, -0.05) is 94.5 Å². The number of aliphatic imine (C=N–C) groups is 1. The number of benzene rings is 3. The largest absolute Gasteiger partial charge is 0.490 e. The highest BCUT2D eigenvalue weighted by atomic mass is 35.5. The lowest BCUT2D eigenvalue weighted by molar-refractivity contribution is -0.116. The third-order valence-electron chi connectivity index (χ3n) is 8.57. The van der Waals surface area contributed by atoms with Gasteiger partial charge in [0.05, 0.1) is 33.4 Å². The fourth-order valence-corrected chi connectivity index (χ4v) is 5.57. The minimum atomic E-state index is -0.620. The first-order valence-electron chi connectivity index (χ1n) is 15.0. The molecule has 0 aromatic heterocycles.